The molecule has 4 N–H and O–H groups in total. The monoisotopic (exact) mass is 647 g/mol. The van der Waals surface area contributed by atoms with Crippen molar-refractivity contribution >= 4 is 36.1 Å². The number of guanidine groups is 1. The minimum absolute atomic E-state index is 0.00226. The van der Waals surface area contributed by atoms with Crippen LogP contribution < -0.4 is 10.6 Å². The van der Waals surface area contributed by atoms with E-state index >= 15 is 0 Å². The normalized spacial score (nSPS) is 10.9. The number of hydrogen-bond acceptors (Lipinski definition) is 9. The van der Waals surface area contributed by atoms with Crippen molar-refractivity contribution in [3.05, 3.63) is 108 Å². The van der Waals surface area contributed by atoms with Crippen molar-refractivity contribution in [3.63, 3.8) is 0 Å². The maximum absolute atomic E-state index is 13.0. The van der Waals surface area contributed by atoms with Gasteiger partial charge in [-0.25, -0.2) is 24.1 Å². The standard InChI is InChI=1S/C33H37N5O9/c1-37(32(43)46-22-25-14-7-3-8-15-25)20-28(39)35-27(29(40)41)18-11-19-38(33(44)47-23-26-16-9-4-10-17-26)30(34)36-31(42)45-21-24-12-5-2-6-13-24/h2-10,12-17,27H,11,18-23H2,1H3,(H,35,39)(H,40,41)(H2,34,36,42)/t27-/m0/s1. The second kappa shape index (κ2) is 18.8. The summed E-state index contributed by atoms with van der Waals surface area (Å²) < 4.78 is 15.6. The largest absolute Gasteiger partial charge is 0.480 e. The molecule has 4 amide bonds. The number of amides is 4. The third-order valence-corrected chi connectivity index (χ3v) is 6.53. The van der Waals surface area contributed by atoms with Gasteiger partial charge in [0.05, 0.1) is 0 Å². The van der Waals surface area contributed by atoms with Crippen LogP contribution in [-0.4, -0.2) is 77.2 Å². The number of rotatable bonds is 14. The van der Waals surface area contributed by atoms with Crippen molar-refractivity contribution in [2.24, 2.45) is 0 Å². The minimum Gasteiger partial charge on any atom is -0.480 e. The Morgan fingerprint density at radius 2 is 1.21 bits per heavy atom. The predicted molar refractivity (Wildman–Crippen MR) is 169 cm³/mol. The van der Waals surface area contributed by atoms with E-state index in [1.807, 2.05) is 6.07 Å². The van der Waals surface area contributed by atoms with Crippen molar-refractivity contribution in [2.75, 3.05) is 20.1 Å². The van der Waals surface area contributed by atoms with Gasteiger partial charge in [0.25, 0.3) is 0 Å². The quantitative estimate of drug-likeness (QED) is 0.113. The van der Waals surface area contributed by atoms with Crippen LogP contribution in [0.2, 0.25) is 0 Å². The van der Waals surface area contributed by atoms with E-state index in [4.69, 9.17) is 19.6 Å². The third-order valence-electron chi connectivity index (χ3n) is 6.53. The molecule has 1 atom stereocenters. The van der Waals surface area contributed by atoms with E-state index in [9.17, 15) is 29.1 Å². The summed E-state index contributed by atoms with van der Waals surface area (Å²) in [6.45, 7) is -0.886. The lowest BCUT2D eigenvalue weighted by Crippen LogP contribution is -2.48. The number of carboxylic acids is 1. The molecule has 0 unspecified atom stereocenters. The van der Waals surface area contributed by atoms with Crippen LogP contribution in [0.15, 0.2) is 91.0 Å². The number of nitrogens with zero attached hydrogens (tertiary/aromatic N) is 2. The molecular weight excluding hydrogens is 610 g/mol. The van der Waals surface area contributed by atoms with Crippen molar-refractivity contribution < 1.29 is 43.3 Å². The summed E-state index contributed by atoms with van der Waals surface area (Å²) in [6.07, 6.45) is -2.89. The van der Waals surface area contributed by atoms with Gasteiger partial charge in [-0.2, -0.15) is 0 Å². The van der Waals surface area contributed by atoms with Gasteiger partial charge in [0.15, 0.2) is 0 Å². The molecule has 0 aliphatic carbocycles. The molecule has 47 heavy (non-hydrogen) atoms. The van der Waals surface area contributed by atoms with Crippen LogP contribution >= 0.6 is 0 Å². The van der Waals surface area contributed by atoms with Crippen molar-refractivity contribution in [1.29, 1.82) is 5.41 Å². The first-order valence-electron chi connectivity index (χ1n) is 14.6. The lowest BCUT2D eigenvalue weighted by molar-refractivity contribution is -0.142. The van der Waals surface area contributed by atoms with Crippen LogP contribution in [0.1, 0.15) is 29.5 Å². The van der Waals surface area contributed by atoms with E-state index in [1.165, 1.54) is 7.05 Å². The van der Waals surface area contributed by atoms with Gasteiger partial charge in [-0.05, 0) is 29.5 Å². The van der Waals surface area contributed by atoms with Crippen molar-refractivity contribution in [3.8, 4) is 0 Å². The van der Waals surface area contributed by atoms with Gasteiger partial charge in [0.1, 0.15) is 32.4 Å². The number of ether oxygens (including phenoxy) is 3. The molecule has 3 aromatic rings. The molecule has 0 saturated carbocycles. The highest BCUT2D eigenvalue weighted by atomic mass is 16.6. The van der Waals surface area contributed by atoms with E-state index in [1.54, 1.807) is 84.9 Å². The summed E-state index contributed by atoms with van der Waals surface area (Å²) in [5, 5.41) is 22.6. The van der Waals surface area contributed by atoms with Gasteiger partial charge < -0.3 is 29.5 Å². The molecule has 3 aromatic carbocycles. The summed E-state index contributed by atoms with van der Waals surface area (Å²) in [7, 11) is 1.34. The Kier molecular flexibility index (Phi) is 14.2. The van der Waals surface area contributed by atoms with Gasteiger partial charge in [0, 0.05) is 13.6 Å². The first-order valence-corrected chi connectivity index (χ1v) is 14.6. The maximum atomic E-state index is 13.0. The smallest absolute Gasteiger partial charge is 0.416 e. The Labute approximate surface area is 271 Å². The topological polar surface area (TPSA) is 188 Å². The number of hydrogen-bond donors (Lipinski definition) is 4. The Morgan fingerprint density at radius 3 is 1.70 bits per heavy atom. The average Bonchev–Trinajstić information content (AvgIpc) is 3.07. The molecule has 0 aliphatic rings. The lowest BCUT2D eigenvalue weighted by Gasteiger charge is -2.24. The zero-order valence-electron chi connectivity index (χ0n) is 25.8. The molecule has 3 rings (SSSR count). The predicted octanol–water partition coefficient (Wildman–Crippen LogP) is 4.10. The zero-order valence-corrected chi connectivity index (χ0v) is 25.8. The summed E-state index contributed by atoms with van der Waals surface area (Å²) in [6, 6.07) is 25.2. The van der Waals surface area contributed by atoms with E-state index in [0.717, 1.165) is 15.4 Å². The Morgan fingerprint density at radius 1 is 0.745 bits per heavy atom. The Bertz CT molecular complexity index is 1490. The second-order valence-electron chi connectivity index (χ2n) is 10.2. The summed E-state index contributed by atoms with van der Waals surface area (Å²) >= 11 is 0. The zero-order chi connectivity index (χ0) is 34.0. The summed E-state index contributed by atoms with van der Waals surface area (Å²) in [5.41, 5.74) is 2.16. The highest BCUT2D eigenvalue weighted by molar-refractivity contribution is 5.99. The van der Waals surface area contributed by atoms with Crippen molar-refractivity contribution in [2.45, 2.75) is 38.7 Å². The summed E-state index contributed by atoms with van der Waals surface area (Å²) in [5.74, 6) is -2.73. The molecule has 248 valence electrons. The van der Waals surface area contributed by atoms with Gasteiger partial charge in [-0.3, -0.25) is 15.5 Å². The number of aliphatic carboxylic acids is 1. The molecule has 0 heterocycles. The van der Waals surface area contributed by atoms with Crippen LogP contribution in [-0.2, 0) is 43.6 Å². The SMILES string of the molecule is CN(CC(=O)N[C@@H](CCCN(C(=N)NC(=O)OCc1ccccc1)C(=O)OCc1ccccc1)C(=O)O)C(=O)OCc1ccccc1. The molecular formula is C33H37N5O9. The number of nitrogens with one attached hydrogen (secondary N) is 3. The molecule has 14 heteroatoms. The van der Waals surface area contributed by atoms with Crippen molar-refractivity contribution in [1.82, 2.24) is 20.4 Å². The first kappa shape index (κ1) is 35.6. The number of carbonyl (C=O) groups excluding carboxylic acids is 4. The van der Waals surface area contributed by atoms with Crippen LogP contribution in [0.4, 0.5) is 14.4 Å². The Hall–Kier alpha value is -5.92. The highest BCUT2D eigenvalue weighted by Gasteiger charge is 2.26. The molecule has 0 radical (unpaired) electrons. The van der Waals surface area contributed by atoms with E-state index < -0.39 is 48.7 Å². The number of carboxylic acid groups (broad SMARTS) is 1. The number of likely N-dealkylation sites (N-methyl/N-ethyl adjacent to an activating group) is 1. The fourth-order valence-corrected chi connectivity index (χ4v) is 4.08. The fourth-order valence-electron chi connectivity index (χ4n) is 4.08. The number of carbonyl (C=O) groups is 5. The van der Waals surface area contributed by atoms with Crippen LogP contribution in [0.25, 0.3) is 0 Å². The molecule has 0 saturated heterocycles. The third kappa shape index (κ3) is 12.9. The van der Waals surface area contributed by atoms with E-state index in [-0.39, 0.29) is 39.2 Å². The van der Waals surface area contributed by atoms with Gasteiger partial charge in [-0.1, -0.05) is 91.0 Å². The van der Waals surface area contributed by atoms with Gasteiger partial charge >= 0.3 is 24.2 Å². The average molecular weight is 648 g/mol. The van der Waals surface area contributed by atoms with Crippen LogP contribution in [0, 0.1) is 5.41 Å². The maximum Gasteiger partial charge on any atom is 0.416 e. The molecule has 0 bridgehead atoms. The number of benzene rings is 3. The second-order valence-corrected chi connectivity index (χ2v) is 10.2. The molecule has 0 spiro atoms. The summed E-state index contributed by atoms with van der Waals surface area (Å²) in [4.78, 5) is 63.9. The lowest BCUT2D eigenvalue weighted by atomic mass is 10.1. The molecule has 0 aliphatic heterocycles. The van der Waals surface area contributed by atoms with E-state index in [0.29, 0.717) is 11.1 Å². The van der Waals surface area contributed by atoms with Gasteiger partial charge in [-0.15, -0.1) is 0 Å². The van der Waals surface area contributed by atoms with Gasteiger partial charge in [0.2, 0.25) is 11.9 Å². The van der Waals surface area contributed by atoms with E-state index in [2.05, 4.69) is 10.6 Å². The number of alkyl carbamates (subject to hydrolysis) is 1. The van der Waals surface area contributed by atoms with Crippen LogP contribution in [0.3, 0.4) is 0 Å². The molecule has 14 nitrogen and oxygen atoms in total. The minimum atomic E-state index is -1.38. The Balaban J connectivity index is 1.54. The fraction of sp³-hybridized carbons (Fsp3) is 0.273. The van der Waals surface area contributed by atoms with Crippen LogP contribution in [0.5, 0.6) is 0 Å². The molecule has 0 aromatic heterocycles. The first-order chi connectivity index (χ1) is 22.6. The molecule has 0 fully saturated rings. The highest BCUT2D eigenvalue weighted by Crippen LogP contribution is 2.08.